The maximum atomic E-state index is 12.5. The summed E-state index contributed by atoms with van der Waals surface area (Å²) in [6.45, 7) is 4.18. The zero-order valence-electron chi connectivity index (χ0n) is 16.4. The van der Waals surface area contributed by atoms with Gasteiger partial charge in [0.15, 0.2) is 0 Å². The molecule has 7 heteroatoms. The Hall–Kier alpha value is -2.64. The lowest BCUT2D eigenvalue weighted by atomic mass is 10.1. The van der Waals surface area contributed by atoms with Gasteiger partial charge < -0.3 is 9.73 Å². The molecule has 0 bridgehead atoms. The summed E-state index contributed by atoms with van der Waals surface area (Å²) in [5.74, 6) is 0. The highest BCUT2D eigenvalue weighted by Crippen LogP contribution is 2.24. The first-order valence-corrected chi connectivity index (χ1v) is 10.5. The van der Waals surface area contributed by atoms with Crippen LogP contribution < -0.4 is 10.9 Å². The van der Waals surface area contributed by atoms with Gasteiger partial charge in [0.05, 0.1) is 4.90 Å². The minimum atomic E-state index is -3.53. The van der Waals surface area contributed by atoms with Crippen molar-refractivity contribution < 1.29 is 12.8 Å². The lowest BCUT2D eigenvalue weighted by Gasteiger charge is -2.15. The second-order valence-electron chi connectivity index (χ2n) is 6.90. The molecular weight excluding hydrogens is 376 g/mol. The van der Waals surface area contributed by atoms with Gasteiger partial charge in [-0.3, -0.25) is 0 Å². The van der Waals surface area contributed by atoms with Crippen LogP contribution in [0.15, 0.2) is 56.6 Å². The van der Waals surface area contributed by atoms with Gasteiger partial charge in [-0.2, -0.15) is 0 Å². The smallest absolute Gasteiger partial charge is 0.336 e. The molecule has 0 aliphatic heterocycles. The zero-order chi connectivity index (χ0) is 20.5. The maximum absolute atomic E-state index is 12.5. The van der Waals surface area contributed by atoms with Gasteiger partial charge in [-0.25, -0.2) is 17.5 Å². The third kappa shape index (κ3) is 3.95. The van der Waals surface area contributed by atoms with E-state index < -0.39 is 15.6 Å². The fourth-order valence-electron chi connectivity index (χ4n) is 3.02. The van der Waals surface area contributed by atoms with Crippen molar-refractivity contribution in [2.45, 2.75) is 31.7 Å². The lowest BCUT2D eigenvalue weighted by molar-refractivity contribution is 0.520. The summed E-state index contributed by atoms with van der Waals surface area (Å²) in [6.07, 6.45) is 0.856. The molecule has 6 nitrogen and oxygen atoms in total. The number of nitrogens with one attached hydrogen (secondary N) is 1. The Kier molecular flexibility index (Phi) is 5.58. The first kappa shape index (κ1) is 20.1. The van der Waals surface area contributed by atoms with Gasteiger partial charge in [0, 0.05) is 37.8 Å². The number of rotatable bonds is 6. The van der Waals surface area contributed by atoms with E-state index in [-0.39, 0.29) is 4.90 Å². The molecule has 28 heavy (non-hydrogen) atoms. The molecule has 0 amide bonds. The maximum Gasteiger partial charge on any atom is 0.336 e. The zero-order valence-corrected chi connectivity index (χ0v) is 17.3. The van der Waals surface area contributed by atoms with Crippen LogP contribution in [0.25, 0.3) is 11.0 Å². The average Bonchev–Trinajstić information content (AvgIpc) is 2.66. The summed E-state index contributed by atoms with van der Waals surface area (Å²) < 4.78 is 31.5. The highest BCUT2D eigenvalue weighted by atomic mass is 32.2. The Morgan fingerprint density at radius 3 is 2.50 bits per heavy atom. The first-order valence-electron chi connectivity index (χ1n) is 9.05. The van der Waals surface area contributed by atoms with E-state index in [0.717, 1.165) is 22.9 Å². The third-order valence-electron chi connectivity index (χ3n) is 4.73. The number of anilines is 1. The quantitative estimate of drug-likeness (QED) is 0.641. The molecule has 0 radical (unpaired) electrons. The largest absolute Gasteiger partial charge is 0.423 e. The van der Waals surface area contributed by atoms with Crippen molar-refractivity contribution in [2.75, 3.05) is 19.4 Å². The Bertz CT molecular complexity index is 1180. The normalized spacial score (nSPS) is 11.9. The van der Waals surface area contributed by atoms with Crippen LogP contribution in [0.4, 0.5) is 5.69 Å². The van der Waals surface area contributed by atoms with Crippen LogP contribution in [0.1, 0.15) is 23.6 Å². The number of sulfonamides is 1. The molecule has 0 unspecified atom stereocenters. The molecule has 0 saturated heterocycles. The van der Waals surface area contributed by atoms with E-state index in [2.05, 4.69) is 5.32 Å². The summed E-state index contributed by atoms with van der Waals surface area (Å²) in [5, 5.41) is 4.08. The van der Waals surface area contributed by atoms with Gasteiger partial charge in [0.25, 0.3) is 0 Å². The SMILES string of the molecule is CCc1ccc2c(CNc3ccc(C)c(S(=O)(=O)N(C)C)c3)cc(=O)oc2c1. The number of hydrogen-bond donors (Lipinski definition) is 1. The molecule has 3 rings (SSSR count). The summed E-state index contributed by atoms with van der Waals surface area (Å²) in [5.41, 5.74) is 3.39. The molecule has 0 fully saturated rings. The molecule has 1 N–H and O–H groups in total. The van der Waals surface area contributed by atoms with Gasteiger partial charge >= 0.3 is 5.63 Å². The Labute approximate surface area is 164 Å². The van der Waals surface area contributed by atoms with Crippen molar-refractivity contribution in [3.63, 3.8) is 0 Å². The van der Waals surface area contributed by atoms with Crippen LogP contribution in [0.2, 0.25) is 0 Å². The minimum Gasteiger partial charge on any atom is -0.423 e. The average molecular weight is 401 g/mol. The van der Waals surface area contributed by atoms with Crippen molar-refractivity contribution in [2.24, 2.45) is 0 Å². The van der Waals surface area contributed by atoms with Crippen molar-refractivity contribution in [3.8, 4) is 0 Å². The van der Waals surface area contributed by atoms with E-state index >= 15 is 0 Å². The summed E-state index contributed by atoms with van der Waals surface area (Å²) in [4.78, 5) is 12.2. The van der Waals surface area contributed by atoms with Gasteiger partial charge in [0.2, 0.25) is 10.0 Å². The van der Waals surface area contributed by atoms with Gasteiger partial charge in [-0.15, -0.1) is 0 Å². The molecular formula is C21H24N2O4S. The van der Waals surface area contributed by atoms with Crippen LogP contribution in [0.5, 0.6) is 0 Å². The fraction of sp³-hybridized carbons (Fsp3) is 0.286. The predicted octanol–water partition coefficient (Wildman–Crippen LogP) is 3.53. The van der Waals surface area contributed by atoms with Crippen molar-refractivity contribution in [3.05, 3.63) is 69.6 Å². The first-order chi connectivity index (χ1) is 13.2. The van der Waals surface area contributed by atoms with E-state index in [1.807, 2.05) is 31.2 Å². The van der Waals surface area contributed by atoms with Crippen LogP contribution in [-0.4, -0.2) is 26.8 Å². The summed E-state index contributed by atoms with van der Waals surface area (Å²) >= 11 is 0. The van der Waals surface area contributed by atoms with E-state index in [0.29, 0.717) is 23.4 Å². The number of aryl methyl sites for hydroxylation is 2. The molecule has 3 aromatic rings. The number of fused-ring (bicyclic) bond motifs is 1. The molecule has 2 aromatic carbocycles. The number of nitrogens with zero attached hydrogens (tertiary/aromatic N) is 1. The molecule has 0 saturated carbocycles. The van der Waals surface area contributed by atoms with Crippen LogP contribution >= 0.6 is 0 Å². The van der Waals surface area contributed by atoms with E-state index in [4.69, 9.17) is 4.42 Å². The molecule has 1 aromatic heterocycles. The van der Waals surface area contributed by atoms with E-state index in [1.54, 1.807) is 19.1 Å². The second-order valence-corrected chi connectivity index (χ2v) is 9.02. The van der Waals surface area contributed by atoms with Gasteiger partial charge in [-0.05, 0) is 48.2 Å². The highest BCUT2D eigenvalue weighted by Gasteiger charge is 2.20. The third-order valence-corrected chi connectivity index (χ3v) is 6.69. The molecule has 0 aliphatic rings. The van der Waals surface area contributed by atoms with Crippen LogP contribution in [0, 0.1) is 6.92 Å². The van der Waals surface area contributed by atoms with Crippen molar-refractivity contribution >= 4 is 26.7 Å². The minimum absolute atomic E-state index is 0.257. The number of hydrogen-bond acceptors (Lipinski definition) is 5. The molecule has 1 heterocycles. The number of benzene rings is 2. The molecule has 0 spiro atoms. The monoisotopic (exact) mass is 400 g/mol. The van der Waals surface area contributed by atoms with E-state index in [9.17, 15) is 13.2 Å². The Balaban J connectivity index is 1.94. The topological polar surface area (TPSA) is 79.6 Å². The predicted molar refractivity (Wildman–Crippen MR) is 111 cm³/mol. The standard InChI is InChI=1S/C21H24N2O4S/c1-5-15-7-9-18-16(11-21(24)27-19(18)10-15)13-22-17-8-6-14(2)20(12-17)28(25,26)23(3)4/h6-12,22H,5,13H2,1-4H3. The Morgan fingerprint density at radius 1 is 1.07 bits per heavy atom. The Morgan fingerprint density at radius 2 is 1.82 bits per heavy atom. The van der Waals surface area contributed by atoms with Crippen molar-refractivity contribution in [1.29, 1.82) is 0 Å². The molecule has 148 valence electrons. The summed E-state index contributed by atoms with van der Waals surface area (Å²) in [6, 6.07) is 12.5. The second kappa shape index (κ2) is 7.77. The van der Waals surface area contributed by atoms with E-state index in [1.165, 1.54) is 24.5 Å². The van der Waals surface area contributed by atoms with Crippen LogP contribution in [0.3, 0.4) is 0 Å². The van der Waals surface area contributed by atoms with Gasteiger partial charge in [-0.1, -0.05) is 25.1 Å². The van der Waals surface area contributed by atoms with Gasteiger partial charge in [0.1, 0.15) is 5.58 Å². The molecule has 0 atom stereocenters. The molecule has 0 aliphatic carbocycles. The van der Waals surface area contributed by atoms with Crippen LogP contribution in [-0.2, 0) is 23.0 Å². The fourth-order valence-corrected chi connectivity index (χ4v) is 4.17. The lowest BCUT2D eigenvalue weighted by Crippen LogP contribution is -2.23. The summed E-state index contributed by atoms with van der Waals surface area (Å²) in [7, 11) is -0.516. The highest BCUT2D eigenvalue weighted by molar-refractivity contribution is 7.89. The van der Waals surface area contributed by atoms with Crippen molar-refractivity contribution in [1.82, 2.24) is 4.31 Å².